The van der Waals surface area contributed by atoms with Crippen LogP contribution in [-0.2, 0) is 27.9 Å². The highest BCUT2D eigenvalue weighted by Gasteiger charge is 2.64. The van der Waals surface area contributed by atoms with Crippen molar-refractivity contribution in [1.29, 1.82) is 0 Å². The molecule has 0 saturated carbocycles. The van der Waals surface area contributed by atoms with E-state index in [0.29, 0.717) is 88.2 Å². The second-order valence-electron chi connectivity index (χ2n) is 23.2. The van der Waals surface area contributed by atoms with Gasteiger partial charge in [0, 0.05) is 58.6 Å². The molecule has 6 N–H and O–H groups in total. The topological polar surface area (TPSA) is 301 Å². The van der Waals surface area contributed by atoms with Gasteiger partial charge in [0.15, 0.2) is 17.5 Å². The van der Waals surface area contributed by atoms with Crippen LogP contribution in [0.2, 0.25) is 5.15 Å². The van der Waals surface area contributed by atoms with Crippen LogP contribution in [0.5, 0.6) is 0 Å². The number of nitrogens with zero attached hydrogens (tertiary/aromatic N) is 13. The van der Waals surface area contributed by atoms with Gasteiger partial charge in [0.05, 0.1) is 61.5 Å². The number of rotatable bonds is 4. The maximum absolute atomic E-state index is 13.1. The van der Waals surface area contributed by atoms with Crippen molar-refractivity contribution in [3.05, 3.63) is 162 Å². The molecule has 3 fully saturated rings. The average molecular weight is 1320 g/mol. The molecule has 13 rings (SSSR count). The molecular weight excluding hydrogens is 1250 g/mol. The standard InChI is InChI=1S/C12H24B2O4.2C12H8FN5.C11H15BFNO2.C7H5ClN4.C5H3BrFN/c1-9(2)10(3,4)16-13(15-9)14-17-11(5,6)12(7,8)18-14;2*13-10-5-7(3-4-15-10)8-1-2-9-11(18-8)12(14)17-6-16-9;1-10(2)11(3,4)16-12(15-10)8-5-6-14-9(13)7-8;8-5-2-1-4-6(12-5)7(9)11-3-10-4;6-4-1-2-8-5(7)3-4/h1-8H3;2*1-6H,(H2,14,16,17);5-7H,1-4H3;1-3H,(H2,9,10,11);1-3H. The van der Waals surface area contributed by atoms with Gasteiger partial charge < -0.3 is 45.1 Å². The molecule has 3 aliphatic rings. The van der Waals surface area contributed by atoms with E-state index in [1.165, 1.54) is 68.0 Å². The van der Waals surface area contributed by atoms with Gasteiger partial charge in [-0.05, 0) is 155 Å². The average Bonchev–Trinajstić information content (AvgIpc) is 1.69. The van der Waals surface area contributed by atoms with E-state index in [1.807, 2.05) is 83.1 Å². The molecule has 22 nitrogen and oxygen atoms in total. The molecule has 31 heteroatoms. The van der Waals surface area contributed by atoms with Crippen molar-refractivity contribution in [2.45, 2.75) is 117 Å². The Balaban J connectivity index is 0.000000142. The van der Waals surface area contributed by atoms with Gasteiger partial charge in [-0.15, -0.1) is 0 Å². The second kappa shape index (κ2) is 27.6. The monoisotopic (exact) mass is 1310 g/mol. The normalized spacial score (nSPS) is 16.9. The van der Waals surface area contributed by atoms with Gasteiger partial charge >= 0.3 is 21.1 Å². The third-order valence-corrected chi connectivity index (χ3v) is 16.0. The van der Waals surface area contributed by atoms with Crippen molar-refractivity contribution in [3.8, 4) is 22.5 Å². The van der Waals surface area contributed by atoms with E-state index in [-0.39, 0.29) is 22.4 Å². The molecule has 3 saturated heterocycles. The molecule has 466 valence electrons. The first kappa shape index (κ1) is 67.8. The zero-order valence-corrected chi connectivity index (χ0v) is 53.5. The first-order chi connectivity index (χ1) is 42.2. The zero-order valence-electron chi connectivity index (χ0n) is 51.1. The van der Waals surface area contributed by atoms with Crippen LogP contribution in [0.25, 0.3) is 55.6 Å². The minimum Gasteiger partial charge on any atom is -0.405 e. The van der Waals surface area contributed by atoms with Crippen LogP contribution in [-0.4, -0.2) is 120 Å². The molecule has 90 heavy (non-hydrogen) atoms. The smallest absolute Gasteiger partial charge is 0.405 e. The van der Waals surface area contributed by atoms with Crippen molar-refractivity contribution < 1.29 is 45.5 Å². The largest absolute Gasteiger partial charge is 0.495 e. The van der Waals surface area contributed by atoms with Gasteiger partial charge in [-0.25, -0.2) is 64.8 Å². The number of hydrogen-bond acceptors (Lipinski definition) is 22. The lowest BCUT2D eigenvalue weighted by molar-refractivity contribution is 0.00578. The number of halogens is 6. The van der Waals surface area contributed by atoms with Crippen molar-refractivity contribution in [2.75, 3.05) is 17.2 Å². The molecule has 0 aliphatic carbocycles. The van der Waals surface area contributed by atoms with E-state index in [0.717, 1.165) is 0 Å². The lowest BCUT2D eigenvalue weighted by Gasteiger charge is -2.32. The molecule has 3 aliphatic heterocycles. The highest BCUT2D eigenvalue weighted by molar-refractivity contribution is 9.10. The summed E-state index contributed by atoms with van der Waals surface area (Å²) in [6.07, 6.45) is 9.75. The number of aromatic nitrogens is 13. The third-order valence-electron chi connectivity index (χ3n) is 15.3. The van der Waals surface area contributed by atoms with Gasteiger partial charge in [0.1, 0.15) is 40.7 Å². The number of fused-ring (bicyclic) bond motifs is 3. The summed E-state index contributed by atoms with van der Waals surface area (Å²) in [6.45, 7) is 24.1. The maximum atomic E-state index is 13.1. The van der Waals surface area contributed by atoms with E-state index in [1.54, 1.807) is 60.7 Å². The Morgan fingerprint density at radius 3 is 1.08 bits per heavy atom. The quantitative estimate of drug-likeness (QED) is 0.0838. The van der Waals surface area contributed by atoms with E-state index in [9.17, 15) is 17.6 Å². The fourth-order valence-corrected chi connectivity index (χ4v) is 8.67. The molecular formula is C59H63B3BrClF4N16O6. The Kier molecular flexibility index (Phi) is 20.8. The Hall–Kier alpha value is -8.09. The van der Waals surface area contributed by atoms with Crippen molar-refractivity contribution in [2.24, 2.45) is 0 Å². The third kappa shape index (κ3) is 16.5. The van der Waals surface area contributed by atoms with E-state index in [4.69, 9.17) is 56.7 Å². The van der Waals surface area contributed by atoms with Gasteiger partial charge in [-0.1, -0.05) is 27.5 Å². The summed E-state index contributed by atoms with van der Waals surface area (Å²) in [5, 5.41) is 0.393. The van der Waals surface area contributed by atoms with Crippen LogP contribution in [0.3, 0.4) is 0 Å². The Morgan fingerprint density at radius 1 is 0.389 bits per heavy atom. The Bertz CT molecular complexity index is 3950. The molecule has 10 aromatic heterocycles. The molecule has 0 unspecified atom stereocenters. The van der Waals surface area contributed by atoms with Gasteiger partial charge in [0.25, 0.3) is 0 Å². The Morgan fingerprint density at radius 2 is 0.722 bits per heavy atom. The van der Waals surface area contributed by atoms with Crippen molar-refractivity contribution in [1.82, 2.24) is 64.8 Å². The van der Waals surface area contributed by atoms with Crippen LogP contribution >= 0.6 is 27.5 Å². The van der Waals surface area contributed by atoms with Gasteiger partial charge in [-0.2, -0.15) is 17.6 Å². The van der Waals surface area contributed by atoms with Crippen LogP contribution in [0, 0.1) is 23.8 Å². The summed E-state index contributed by atoms with van der Waals surface area (Å²) in [5.41, 5.74) is 21.5. The maximum Gasteiger partial charge on any atom is 0.495 e. The number of nitrogens with two attached hydrogens (primary N) is 3. The number of anilines is 3. The molecule has 10 aromatic rings. The van der Waals surface area contributed by atoms with Crippen LogP contribution in [0.15, 0.2) is 133 Å². The molecule has 0 atom stereocenters. The van der Waals surface area contributed by atoms with E-state index in [2.05, 4.69) is 80.7 Å². The van der Waals surface area contributed by atoms with Crippen LogP contribution in [0.1, 0.15) is 83.1 Å². The van der Waals surface area contributed by atoms with Crippen molar-refractivity contribution in [3.63, 3.8) is 0 Å². The molecule has 0 bridgehead atoms. The first-order valence-electron chi connectivity index (χ1n) is 27.7. The summed E-state index contributed by atoms with van der Waals surface area (Å²) < 4.78 is 87.3. The minimum atomic E-state index is -0.549. The molecule has 0 aromatic carbocycles. The van der Waals surface area contributed by atoms with Crippen molar-refractivity contribution >= 4 is 105 Å². The fourth-order valence-electron chi connectivity index (χ4n) is 8.22. The summed E-state index contributed by atoms with van der Waals surface area (Å²) in [4.78, 5) is 50.2. The second-order valence-corrected chi connectivity index (χ2v) is 24.5. The summed E-state index contributed by atoms with van der Waals surface area (Å²) >= 11 is 8.75. The summed E-state index contributed by atoms with van der Waals surface area (Å²) in [7, 11) is -1.48. The number of nitrogen functional groups attached to an aromatic ring is 3. The molecule has 0 spiro atoms. The first-order valence-corrected chi connectivity index (χ1v) is 28.9. The highest BCUT2D eigenvalue weighted by Crippen LogP contribution is 2.43. The lowest BCUT2D eigenvalue weighted by atomic mass is 9.49. The SMILES string of the molecule is CC1(C)OB(B2OC(C)(C)C(C)(C)O2)OC1(C)C.CC1(C)OB(c2ccnc(F)c2)OC1(C)C.Fc1cc(Br)ccn1.Nc1ncnc2ccc(-c3ccnc(F)c3)nc12.Nc1ncnc2ccc(-c3ccnc(F)c3)nc12.Nc1ncnc2ccc(Cl)nc12. The zero-order chi connectivity index (χ0) is 65.6. The lowest BCUT2D eigenvalue weighted by Crippen LogP contribution is -2.41. The summed E-state index contributed by atoms with van der Waals surface area (Å²) in [6, 6.07) is 22.5. The minimum absolute atomic E-state index is 0.302. The number of hydrogen-bond donors (Lipinski definition) is 3. The highest BCUT2D eigenvalue weighted by atomic mass is 79.9. The Labute approximate surface area is 530 Å². The molecule has 0 radical (unpaired) electrons. The predicted octanol–water partition coefficient (Wildman–Crippen LogP) is 10.6. The van der Waals surface area contributed by atoms with Crippen LogP contribution in [0.4, 0.5) is 35.0 Å². The fraction of sp³-hybridized carbons (Fsp3) is 0.305. The molecule has 0 amide bonds. The van der Waals surface area contributed by atoms with E-state index >= 15 is 0 Å². The van der Waals surface area contributed by atoms with Crippen LogP contribution < -0.4 is 22.7 Å². The van der Waals surface area contributed by atoms with Gasteiger partial charge in [-0.3, -0.25) is 0 Å². The van der Waals surface area contributed by atoms with Gasteiger partial charge in [0.2, 0.25) is 23.8 Å². The number of pyridine rings is 7. The van der Waals surface area contributed by atoms with E-state index < -0.39 is 56.1 Å². The molecule has 13 heterocycles. The predicted molar refractivity (Wildman–Crippen MR) is 341 cm³/mol. The summed E-state index contributed by atoms with van der Waals surface area (Å²) in [5.74, 6) is -1.12.